The molecule has 0 radical (unpaired) electrons. The number of likely N-dealkylation sites (N-methyl/N-ethyl adjacent to an activating group) is 1. The lowest BCUT2D eigenvalue weighted by Gasteiger charge is -2.04. The van der Waals surface area contributed by atoms with Crippen LogP contribution in [0.4, 0.5) is 0 Å². The number of nitrogens with one attached hydrogen (secondary N) is 1. The van der Waals surface area contributed by atoms with Crippen molar-refractivity contribution in [3.63, 3.8) is 0 Å². The van der Waals surface area contributed by atoms with Gasteiger partial charge < -0.3 is 5.32 Å². The van der Waals surface area contributed by atoms with Crippen molar-refractivity contribution in [2.24, 2.45) is 4.99 Å². The Hall–Kier alpha value is -1.90. The molecule has 18 heavy (non-hydrogen) atoms. The van der Waals surface area contributed by atoms with Gasteiger partial charge in [-0.1, -0.05) is 29.8 Å². The highest BCUT2D eigenvalue weighted by atomic mass is 16.1. The molecule has 1 amide bonds. The molecule has 1 rings (SSSR count). The summed E-state index contributed by atoms with van der Waals surface area (Å²) in [5, 5.41) is 2.60. The van der Waals surface area contributed by atoms with Crippen molar-refractivity contribution >= 4 is 11.6 Å². The van der Waals surface area contributed by atoms with Crippen LogP contribution in [0.15, 0.2) is 40.9 Å². The molecule has 0 aromatic heterocycles. The zero-order valence-electron chi connectivity index (χ0n) is 11.4. The predicted octanol–water partition coefficient (Wildman–Crippen LogP) is 2.30. The largest absolute Gasteiger partial charge is 0.355 e. The van der Waals surface area contributed by atoms with Crippen molar-refractivity contribution < 1.29 is 4.79 Å². The fraction of sp³-hybridized carbons (Fsp3) is 0.333. The number of hydrogen-bond acceptors (Lipinski definition) is 2. The van der Waals surface area contributed by atoms with Crippen LogP contribution < -0.4 is 5.32 Å². The summed E-state index contributed by atoms with van der Waals surface area (Å²) in [5.41, 5.74) is 4.01. The quantitative estimate of drug-likeness (QED) is 0.641. The van der Waals surface area contributed by atoms with E-state index in [0.29, 0.717) is 5.57 Å². The van der Waals surface area contributed by atoms with Gasteiger partial charge in [-0.3, -0.25) is 9.79 Å². The first-order valence-corrected chi connectivity index (χ1v) is 5.98. The molecule has 3 heteroatoms. The number of rotatable bonds is 4. The molecule has 0 aliphatic rings. The van der Waals surface area contributed by atoms with Gasteiger partial charge in [-0.25, -0.2) is 0 Å². The van der Waals surface area contributed by atoms with Gasteiger partial charge in [-0.15, -0.1) is 0 Å². The van der Waals surface area contributed by atoms with E-state index in [-0.39, 0.29) is 5.91 Å². The van der Waals surface area contributed by atoms with Gasteiger partial charge in [-0.2, -0.15) is 0 Å². The van der Waals surface area contributed by atoms with Crippen LogP contribution in [-0.2, 0) is 11.2 Å². The second-order valence-electron chi connectivity index (χ2n) is 4.28. The molecule has 0 unspecified atom stereocenters. The lowest BCUT2D eigenvalue weighted by atomic mass is 10.0. The van der Waals surface area contributed by atoms with Crippen molar-refractivity contribution in [3.8, 4) is 0 Å². The zero-order chi connectivity index (χ0) is 13.5. The number of aryl methyl sites for hydroxylation is 1. The molecule has 0 saturated heterocycles. The monoisotopic (exact) mass is 244 g/mol. The molecule has 0 fully saturated rings. The van der Waals surface area contributed by atoms with E-state index in [1.165, 1.54) is 11.1 Å². The molecule has 1 N–H and O–H groups in total. The van der Waals surface area contributed by atoms with Crippen molar-refractivity contribution in [1.29, 1.82) is 0 Å². The minimum absolute atomic E-state index is 0.0694. The summed E-state index contributed by atoms with van der Waals surface area (Å²) < 4.78 is 0. The average molecular weight is 244 g/mol. The van der Waals surface area contributed by atoms with E-state index in [1.54, 1.807) is 21.0 Å². The van der Waals surface area contributed by atoms with E-state index in [2.05, 4.69) is 41.5 Å². The molecule has 96 valence electrons. The van der Waals surface area contributed by atoms with Gasteiger partial charge in [0, 0.05) is 31.8 Å². The first-order chi connectivity index (χ1) is 8.56. The third kappa shape index (κ3) is 4.17. The minimum atomic E-state index is -0.0694. The lowest BCUT2D eigenvalue weighted by molar-refractivity contribution is -0.116. The third-order valence-corrected chi connectivity index (χ3v) is 2.76. The van der Waals surface area contributed by atoms with Crippen LogP contribution in [0.2, 0.25) is 0 Å². The molecule has 1 aromatic carbocycles. The molecule has 0 spiro atoms. The third-order valence-electron chi connectivity index (χ3n) is 2.76. The minimum Gasteiger partial charge on any atom is -0.355 e. The van der Waals surface area contributed by atoms with Gasteiger partial charge in [0.05, 0.1) is 0 Å². The number of aliphatic imine (C=N–C) groups is 1. The molecular formula is C15H20N2O. The van der Waals surface area contributed by atoms with Gasteiger partial charge in [0.1, 0.15) is 0 Å². The predicted molar refractivity (Wildman–Crippen MR) is 76.1 cm³/mol. The van der Waals surface area contributed by atoms with Gasteiger partial charge in [0.15, 0.2) is 0 Å². The number of allylic oxidation sites excluding steroid dienone is 1. The fourth-order valence-electron chi connectivity index (χ4n) is 1.62. The molecule has 3 nitrogen and oxygen atoms in total. The molecule has 0 aliphatic heterocycles. The van der Waals surface area contributed by atoms with E-state index in [0.717, 1.165) is 12.1 Å². The Morgan fingerprint density at radius 2 is 1.94 bits per heavy atom. The SMILES string of the molecule is CN=C(/C=C(\C)C(=O)NC)Cc1ccc(C)cc1. The van der Waals surface area contributed by atoms with Crippen LogP contribution in [0, 0.1) is 6.92 Å². The molecule has 0 saturated carbocycles. The van der Waals surface area contributed by atoms with E-state index in [4.69, 9.17) is 0 Å². The molecule has 0 aliphatic carbocycles. The Morgan fingerprint density at radius 1 is 1.33 bits per heavy atom. The number of nitrogens with zero attached hydrogens (tertiary/aromatic N) is 1. The standard InChI is InChI=1S/C15H20N2O/c1-11-5-7-13(8-6-11)10-14(16-3)9-12(2)15(18)17-4/h5-9H,10H2,1-4H3,(H,17,18)/b12-9+,16-14?. The first-order valence-electron chi connectivity index (χ1n) is 5.98. The Labute approximate surface area is 109 Å². The summed E-state index contributed by atoms with van der Waals surface area (Å²) in [5.74, 6) is -0.0694. The van der Waals surface area contributed by atoms with Crippen molar-refractivity contribution in [2.45, 2.75) is 20.3 Å². The van der Waals surface area contributed by atoms with Crippen molar-refractivity contribution in [1.82, 2.24) is 5.32 Å². The highest BCUT2D eigenvalue weighted by Crippen LogP contribution is 2.06. The molecular weight excluding hydrogens is 224 g/mol. The lowest BCUT2D eigenvalue weighted by Crippen LogP contribution is -2.19. The maximum Gasteiger partial charge on any atom is 0.246 e. The summed E-state index contributed by atoms with van der Waals surface area (Å²) in [6.07, 6.45) is 2.57. The Bertz CT molecular complexity index is 470. The van der Waals surface area contributed by atoms with Crippen LogP contribution >= 0.6 is 0 Å². The normalized spacial score (nSPS) is 12.4. The van der Waals surface area contributed by atoms with Crippen LogP contribution in [-0.4, -0.2) is 25.7 Å². The molecule has 0 heterocycles. The maximum absolute atomic E-state index is 11.4. The Kier molecular flexibility index (Phi) is 5.31. The van der Waals surface area contributed by atoms with E-state index in [9.17, 15) is 4.79 Å². The van der Waals surface area contributed by atoms with Crippen molar-refractivity contribution in [2.75, 3.05) is 14.1 Å². The van der Waals surface area contributed by atoms with Crippen LogP contribution in [0.3, 0.4) is 0 Å². The number of amides is 1. The van der Waals surface area contributed by atoms with Gasteiger partial charge in [0.2, 0.25) is 5.91 Å². The summed E-state index contributed by atoms with van der Waals surface area (Å²) >= 11 is 0. The van der Waals surface area contributed by atoms with Crippen LogP contribution in [0.5, 0.6) is 0 Å². The summed E-state index contributed by atoms with van der Waals surface area (Å²) in [4.78, 5) is 15.6. The number of hydrogen-bond donors (Lipinski definition) is 1. The summed E-state index contributed by atoms with van der Waals surface area (Å²) in [7, 11) is 3.37. The highest BCUT2D eigenvalue weighted by Gasteiger charge is 2.04. The number of carbonyl (C=O) groups excluding carboxylic acids is 1. The van der Waals surface area contributed by atoms with Gasteiger partial charge in [-0.05, 0) is 25.5 Å². The maximum atomic E-state index is 11.4. The zero-order valence-corrected chi connectivity index (χ0v) is 11.4. The molecule has 1 aromatic rings. The summed E-state index contributed by atoms with van der Waals surface area (Å²) in [6.45, 7) is 3.85. The Morgan fingerprint density at radius 3 is 2.44 bits per heavy atom. The second kappa shape index (κ2) is 6.74. The first kappa shape index (κ1) is 14.2. The molecule has 0 bridgehead atoms. The van der Waals surface area contributed by atoms with Crippen LogP contribution in [0.1, 0.15) is 18.1 Å². The van der Waals surface area contributed by atoms with Crippen LogP contribution in [0.25, 0.3) is 0 Å². The number of benzene rings is 1. The fourth-order valence-corrected chi connectivity index (χ4v) is 1.62. The Balaban J connectivity index is 2.81. The van der Waals surface area contributed by atoms with Gasteiger partial charge >= 0.3 is 0 Å². The van der Waals surface area contributed by atoms with Crippen molar-refractivity contribution in [3.05, 3.63) is 47.0 Å². The summed E-state index contributed by atoms with van der Waals surface area (Å²) in [6, 6.07) is 8.34. The topological polar surface area (TPSA) is 41.5 Å². The average Bonchev–Trinajstić information content (AvgIpc) is 2.39. The smallest absolute Gasteiger partial charge is 0.246 e. The highest BCUT2D eigenvalue weighted by molar-refractivity contribution is 6.04. The van der Waals surface area contributed by atoms with E-state index < -0.39 is 0 Å². The number of carbonyl (C=O) groups is 1. The second-order valence-corrected chi connectivity index (χ2v) is 4.28. The van der Waals surface area contributed by atoms with E-state index in [1.807, 2.05) is 6.08 Å². The molecule has 0 atom stereocenters. The van der Waals surface area contributed by atoms with Gasteiger partial charge in [0.25, 0.3) is 0 Å². The van der Waals surface area contributed by atoms with E-state index >= 15 is 0 Å².